The predicted molar refractivity (Wildman–Crippen MR) is 108 cm³/mol. The van der Waals surface area contributed by atoms with Crippen LogP contribution in [0.2, 0.25) is 0 Å². The molecule has 8 heteroatoms. The number of nitrogens with zero attached hydrogens (tertiary/aromatic N) is 4. The van der Waals surface area contributed by atoms with Crippen molar-refractivity contribution in [2.75, 3.05) is 13.1 Å². The normalized spacial score (nSPS) is 18.5. The van der Waals surface area contributed by atoms with Gasteiger partial charge in [-0.15, -0.1) is 0 Å². The number of halogens is 1. The van der Waals surface area contributed by atoms with Gasteiger partial charge in [0.15, 0.2) is 5.82 Å². The van der Waals surface area contributed by atoms with Crippen molar-refractivity contribution in [1.82, 2.24) is 19.8 Å². The number of ether oxygens (including phenoxy) is 1. The number of benzene rings is 1. The van der Waals surface area contributed by atoms with Crippen LogP contribution in [0.5, 0.6) is 0 Å². The first-order chi connectivity index (χ1) is 14.2. The molecule has 2 amide bonds. The van der Waals surface area contributed by atoms with E-state index in [9.17, 15) is 14.0 Å². The van der Waals surface area contributed by atoms with Gasteiger partial charge in [-0.1, -0.05) is 0 Å². The zero-order chi connectivity index (χ0) is 21.5. The van der Waals surface area contributed by atoms with Gasteiger partial charge < -0.3 is 9.64 Å². The minimum atomic E-state index is -0.796. The minimum Gasteiger partial charge on any atom is -0.444 e. The number of carbonyl (C=O) groups excluding carboxylic acids is 2. The maximum atomic E-state index is 13.3. The van der Waals surface area contributed by atoms with E-state index in [-0.39, 0.29) is 18.3 Å². The zero-order valence-corrected chi connectivity index (χ0v) is 17.4. The van der Waals surface area contributed by atoms with Gasteiger partial charge in [-0.3, -0.25) is 9.69 Å². The summed E-state index contributed by atoms with van der Waals surface area (Å²) in [5.41, 5.74) is 1.20. The Labute approximate surface area is 174 Å². The van der Waals surface area contributed by atoms with Gasteiger partial charge in [0.1, 0.15) is 17.5 Å². The molecule has 0 aliphatic carbocycles. The average Bonchev–Trinajstić information content (AvgIpc) is 3.34. The van der Waals surface area contributed by atoms with E-state index in [1.807, 2.05) is 0 Å². The fourth-order valence-corrected chi connectivity index (χ4v) is 3.81. The molecule has 2 aliphatic heterocycles. The van der Waals surface area contributed by atoms with E-state index >= 15 is 0 Å². The van der Waals surface area contributed by atoms with Crippen molar-refractivity contribution >= 4 is 12.0 Å². The summed E-state index contributed by atoms with van der Waals surface area (Å²) in [6.45, 7) is 6.89. The number of amides is 2. The van der Waals surface area contributed by atoms with E-state index in [1.165, 1.54) is 17.0 Å². The number of aromatic nitrogens is 2. The van der Waals surface area contributed by atoms with Crippen molar-refractivity contribution in [1.29, 1.82) is 0 Å². The highest BCUT2D eigenvalue weighted by Crippen LogP contribution is 2.36. The Morgan fingerprint density at radius 3 is 2.43 bits per heavy atom. The van der Waals surface area contributed by atoms with E-state index in [2.05, 4.69) is 9.97 Å². The van der Waals surface area contributed by atoms with Crippen molar-refractivity contribution in [3.05, 3.63) is 47.5 Å². The summed E-state index contributed by atoms with van der Waals surface area (Å²) in [4.78, 5) is 38.4. The Balaban J connectivity index is 1.69. The molecule has 2 aliphatic rings. The topological polar surface area (TPSA) is 75.6 Å². The monoisotopic (exact) mass is 412 g/mol. The second-order valence-corrected chi connectivity index (χ2v) is 8.65. The van der Waals surface area contributed by atoms with Crippen molar-refractivity contribution in [2.24, 2.45) is 0 Å². The SMILES string of the molecule is CC(C)(C)OC(=O)N1Cc2nc(-c3ccc(F)cc3)ncc2[C@H]1C(=O)N1CCCC1. The lowest BCUT2D eigenvalue weighted by Crippen LogP contribution is -2.43. The lowest BCUT2D eigenvalue weighted by atomic mass is 10.1. The summed E-state index contributed by atoms with van der Waals surface area (Å²) < 4.78 is 18.8. The molecule has 30 heavy (non-hydrogen) atoms. The molecule has 1 fully saturated rings. The third-order valence-corrected chi connectivity index (χ3v) is 5.21. The largest absolute Gasteiger partial charge is 0.444 e. The molecule has 0 bridgehead atoms. The third kappa shape index (κ3) is 3.99. The van der Waals surface area contributed by atoms with Gasteiger partial charge >= 0.3 is 6.09 Å². The Hall–Kier alpha value is -3.03. The first-order valence-electron chi connectivity index (χ1n) is 10.1. The standard InChI is InChI=1S/C22H25FN4O3/c1-22(2,3)30-21(29)27-13-17-16(18(27)20(28)26-10-4-5-11-26)12-24-19(25-17)14-6-8-15(23)9-7-14/h6-9,12,18H,4-5,10-11,13H2,1-3H3/t18-/m0/s1. The summed E-state index contributed by atoms with van der Waals surface area (Å²) >= 11 is 0. The molecule has 0 spiro atoms. The Kier molecular flexibility index (Phi) is 5.17. The summed E-state index contributed by atoms with van der Waals surface area (Å²) in [5.74, 6) is -0.0466. The van der Waals surface area contributed by atoms with Gasteiger partial charge in [0, 0.05) is 30.4 Å². The number of hydrogen-bond donors (Lipinski definition) is 0. The second-order valence-electron chi connectivity index (χ2n) is 8.65. The molecule has 1 atom stereocenters. The van der Waals surface area contributed by atoms with E-state index in [0.717, 1.165) is 12.8 Å². The maximum Gasteiger partial charge on any atom is 0.411 e. The van der Waals surface area contributed by atoms with Crippen molar-refractivity contribution in [3.8, 4) is 11.4 Å². The predicted octanol–water partition coefficient (Wildman–Crippen LogP) is 3.70. The molecule has 1 aromatic carbocycles. The number of hydrogen-bond acceptors (Lipinski definition) is 5. The van der Waals surface area contributed by atoms with Crippen LogP contribution in [-0.4, -0.2) is 50.5 Å². The Morgan fingerprint density at radius 1 is 1.13 bits per heavy atom. The molecular weight excluding hydrogens is 387 g/mol. The van der Waals surface area contributed by atoms with Crippen LogP contribution < -0.4 is 0 Å². The fourth-order valence-electron chi connectivity index (χ4n) is 3.81. The molecule has 4 rings (SSSR count). The van der Waals surface area contributed by atoms with Crippen LogP contribution in [0.25, 0.3) is 11.4 Å². The van der Waals surface area contributed by atoms with Crippen molar-refractivity contribution < 1.29 is 18.7 Å². The Morgan fingerprint density at radius 2 is 1.80 bits per heavy atom. The van der Waals surface area contributed by atoms with Crippen LogP contribution in [0.15, 0.2) is 30.5 Å². The number of fused-ring (bicyclic) bond motifs is 1. The van der Waals surface area contributed by atoms with Gasteiger partial charge in [0.25, 0.3) is 0 Å². The first-order valence-corrected chi connectivity index (χ1v) is 10.1. The van der Waals surface area contributed by atoms with Crippen LogP contribution in [0, 0.1) is 5.82 Å². The van der Waals surface area contributed by atoms with Gasteiger partial charge in [0.05, 0.1) is 12.2 Å². The van der Waals surface area contributed by atoms with E-state index in [4.69, 9.17) is 4.74 Å². The smallest absolute Gasteiger partial charge is 0.411 e. The molecule has 0 unspecified atom stereocenters. The quantitative estimate of drug-likeness (QED) is 0.752. The van der Waals surface area contributed by atoms with Gasteiger partial charge in [0.2, 0.25) is 5.91 Å². The number of rotatable bonds is 2. The highest BCUT2D eigenvalue weighted by Gasteiger charge is 2.43. The molecule has 2 aromatic rings. The van der Waals surface area contributed by atoms with E-state index in [0.29, 0.717) is 35.7 Å². The molecule has 3 heterocycles. The van der Waals surface area contributed by atoms with Gasteiger partial charge in [-0.05, 0) is 57.9 Å². The molecule has 7 nitrogen and oxygen atoms in total. The highest BCUT2D eigenvalue weighted by molar-refractivity contribution is 5.88. The summed E-state index contributed by atoms with van der Waals surface area (Å²) in [6.07, 6.45) is 2.96. The van der Waals surface area contributed by atoms with Crippen LogP contribution in [0.3, 0.4) is 0 Å². The highest BCUT2D eigenvalue weighted by atomic mass is 19.1. The van der Waals surface area contributed by atoms with E-state index in [1.54, 1.807) is 44.0 Å². The molecule has 0 N–H and O–H groups in total. The first kappa shape index (κ1) is 20.3. The van der Waals surface area contributed by atoms with Gasteiger partial charge in [-0.25, -0.2) is 19.2 Å². The van der Waals surface area contributed by atoms with Crippen LogP contribution in [0.4, 0.5) is 9.18 Å². The fraction of sp³-hybridized carbons (Fsp3) is 0.455. The molecule has 1 aromatic heterocycles. The molecule has 0 radical (unpaired) electrons. The lowest BCUT2D eigenvalue weighted by Gasteiger charge is -2.30. The number of carbonyl (C=O) groups is 2. The summed E-state index contributed by atoms with van der Waals surface area (Å²) in [6, 6.07) is 5.10. The number of likely N-dealkylation sites (tertiary alicyclic amines) is 1. The Bertz CT molecular complexity index is 965. The third-order valence-electron chi connectivity index (χ3n) is 5.21. The van der Waals surface area contributed by atoms with Crippen LogP contribution in [-0.2, 0) is 16.1 Å². The maximum absolute atomic E-state index is 13.3. The molecule has 158 valence electrons. The summed E-state index contributed by atoms with van der Waals surface area (Å²) in [5, 5.41) is 0. The second kappa shape index (κ2) is 7.66. The zero-order valence-electron chi connectivity index (χ0n) is 17.4. The lowest BCUT2D eigenvalue weighted by molar-refractivity contribution is -0.135. The van der Waals surface area contributed by atoms with E-state index < -0.39 is 17.7 Å². The van der Waals surface area contributed by atoms with Crippen molar-refractivity contribution in [2.45, 2.75) is 51.8 Å². The van der Waals surface area contributed by atoms with Gasteiger partial charge in [-0.2, -0.15) is 0 Å². The summed E-state index contributed by atoms with van der Waals surface area (Å²) in [7, 11) is 0. The van der Waals surface area contributed by atoms with Crippen LogP contribution in [0.1, 0.15) is 50.9 Å². The van der Waals surface area contributed by atoms with Crippen molar-refractivity contribution in [3.63, 3.8) is 0 Å². The molecular formula is C22H25FN4O3. The van der Waals surface area contributed by atoms with Crippen LogP contribution >= 0.6 is 0 Å². The molecule has 1 saturated heterocycles. The minimum absolute atomic E-state index is 0.129. The molecule has 0 saturated carbocycles. The average molecular weight is 412 g/mol.